The summed E-state index contributed by atoms with van der Waals surface area (Å²) in [5.41, 5.74) is 6.72. The van der Waals surface area contributed by atoms with E-state index in [1.165, 1.54) is 0 Å². The number of hydrogen-bond acceptors (Lipinski definition) is 4. The predicted molar refractivity (Wildman–Crippen MR) is 91.6 cm³/mol. The molecule has 0 aromatic heterocycles. The third-order valence-electron chi connectivity index (χ3n) is 3.01. The molecule has 6 nitrogen and oxygen atoms in total. The van der Waals surface area contributed by atoms with E-state index in [0.717, 1.165) is 5.69 Å². The van der Waals surface area contributed by atoms with E-state index in [4.69, 9.17) is 19.9 Å². The van der Waals surface area contributed by atoms with E-state index in [9.17, 15) is 0 Å². The van der Waals surface area contributed by atoms with Crippen molar-refractivity contribution >= 4 is 11.6 Å². The van der Waals surface area contributed by atoms with Crippen LogP contribution in [0.4, 0.5) is 5.69 Å². The van der Waals surface area contributed by atoms with Crippen molar-refractivity contribution in [3.05, 3.63) is 48.5 Å². The largest absolute Gasteiger partial charge is 0.496 e. The second kappa shape index (κ2) is 8.53. The molecule has 0 aliphatic heterocycles. The standard InChI is InChI=1S/C17H21N3O3/c1-21-14-10-15(22-2)12-16(11-14)23-9-8-19-17(18)20-13-6-4-3-5-7-13/h3-7,10-12H,8-9H2,1-2H3,(H3,18,19,20). The fraction of sp³-hybridized carbons (Fsp3) is 0.235. The number of para-hydroxylation sites is 1. The monoisotopic (exact) mass is 315 g/mol. The maximum Gasteiger partial charge on any atom is 0.193 e. The fourth-order valence-electron chi connectivity index (χ4n) is 1.90. The molecule has 0 bridgehead atoms. The van der Waals surface area contributed by atoms with E-state index in [1.54, 1.807) is 32.4 Å². The summed E-state index contributed by atoms with van der Waals surface area (Å²) in [6.45, 7) is 0.832. The molecule has 2 aromatic rings. The van der Waals surface area contributed by atoms with Crippen LogP contribution in [0.15, 0.2) is 53.5 Å². The van der Waals surface area contributed by atoms with Crippen LogP contribution in [0.3, 0.4) is 0 Å². The Morgan fingerprint density at radius 3 is 2.22 bits per heavy atom. The Bertz CT molecular complexity index is 623. The molecule has 122 valence electrons. The van der Waals surface area contributed by atoms with E-state index in [1.807, 2.05) is 30.3 Å². The summed E-state index contributed by atoms with van der Waals surface area (Å²) in [6, 6.07) is 15.0. The van der Waals surface area contributed by atoms with E-state index in [0.29, 0.717) is 36.4 Å². The van der Waals surface area contributed by atoms with Gasteiger partial charge in [-0.05, 0) is 12.1 Å². The van der Waals surface area contributed by atoms with Crippen molar-refractivity contribution < 1.29 is 14.2 Å². The van der Waals surface area contributed by atoms with Gasteiger partial charge < -0.3 is 25.3 Å². The van der Waals surface area contributed by atoms with E-state index in [2.05, 4.69) is 10.3 Å². The molecule has 0 fully saturated rings. The zero-order chi connectivity index (χ0) is 16.5. The molecule has 0 aliphatic rings. The summed E-state index contributed by atoms with van der Waals surface area (Å²) in [7, 11) is 3.19. The number of guanidine groups is 1. The smallest absolute Gasteiger partial charge is 0.193 e. The summed E-state index contributed by atoms with van der Waals surface area (Å²) in [6.07, 6.45) is 0. The van der Waals surface area contributed by atoms with Gasteiger partial charge in [-0.15, -0.1) is 0 Å². The molecule has 3 N–H and O–H groups in total. The van der Waals surface area contributed by atoms with Gasteiger partial charge in [0.2, 0.25) is 0 Å². The molecule has 0 saturated heterocycles. The van der Waals surface area contributed by atoms with Crippen molar-refractivity contribution in [3.63, 3.8) is 0 Å². The first kappa shape index (κ1) is 16.5. The molecule has 0 unspecified atom stereocenters. The van der Waals surface area contributed by atoms with E-state index >= 15 is 0 Å². The molecule has 2 rings (SSSR count). The van der Waals surface area contributed by atoms with Gasteiger partial charge in [0.25, 0.3) is 0 Å². The number of methoxy groups -OCH3 is 2. The van der Waals surface area contributed by atoms with Crippen LogP contribution in [0.2, 0.25) is 0 Å². The van der Waals surface area contributed by atoms with Crippen LogP contribution in [-0.2, 0) is 0 Å². The fourth-order valence-corrected chi connectivity index (χ4v) is 1.90. The molecule has 0 amide bonds. The SMILES string of the molecule is COc1cc(OC)cc(OCCN=C(N)Nc2ccccc2)c1. The van der Waals surface area contributed by atoms with Gasteiger partial charge in [0.15, 0.2) is 5.96 Å². The summed E-state index contributed by atoms with van der Waals surface area (Å²) in [5, 5.41) is 3.01. The Morgan fingerprint density at radius 2 is 1.61 bits per heavy atom. The van der Waals surface area contributed by atoms with E-state index in [-0.39, 0.29) is 0 Å². The van der Waals surface area contributed by atoms with Gasteiger partial charge in [-0.1, -0.05) is 18.2 Å². The number of nitrogens with one attached hydrogen (secondary N) is 1. The minimum Gasteiger partial charge on any atom is -0.496 e. The van der Waals surface area contributed by atoms with Gasteiger partial charge in [-0.2, -0.15) is 0 Å². The maximum absolute atomic E-state index is 5.82. The molecule has 2 aromatic carbocycles. The van der Waals surface area contributed by atoms with Crippen molar-refractivity contribution in [2.75, 3.05) is 32.7 Å². The third-order valence-corrected chi connectivity index (χ3v) is 3.01. The molecule has 0 spiro atoms. The average Bonchev–Trinajstić information content (AvgIpc) is 2.59. The molecule has 0 atom stereocenters. The molecule has 0 aliphatic carbocycles. The summed E-state index contributed by atoms with van der Waals surface area (Å²) >= 11 is 0. The highest BCUT2D eigenvalue weighted by atomic mass is 16.5. The number of anilines is 1. The number of rotatable bonds is 7. The first-order valence-corrected chi connectivity index (χ1v) is 7.19. The van der Waals surface area contributed by atoms with Gasteiger partial charge >= 0.3 is 0 Å². The lowest BCUT2D eigenvalue weighted by molar-refractivity contribution is 0.321. The highest BCUT2D eigenvalue weighted by Gasteiger charge is 2.02. The zero-order valence-corrected chi connectivity index (χ0v) is 13.3. The molecule has 0 radical (unpaired) electrons. The number of nitrogens with zero attached hydrogens (tertiary/aromatic N) is 1. The lowest BCUT2D eigenvalue weighted by Crippen LogP contribution is -2.23. The zero-order valence-electron chi connectivity index (χ0n) is 13.3. The van der Waals surface area contributed by atoms with Crippen LogP contribution >= 0.6 is 0 Å². The first-order valence-electron chi connectivity index (χ1n) is 7.19. The number of aliphatic imine (C=N–C) groups is 1. The van der Waals surface area contributed by atoms with Crippen molar-refractivity contribution in [3.8, 4) is 17.2 Å². The normalized spacial score (nSPS) is 11.0. The number of nitrogens with two attached hydrogens (primary N) is 1. The van der Waals surface area contributed by atoms with Crippen LogP contribution < -0.4 is 25.3 Å². The third kappa shape index (κ3) is 5.43. The Labute approximate surface area is 135 Å². The topological polar surface area (TPSA) is 78.1 Å². The van der Waals surface area contributed by atoms with E-state index < -0.39 is 0 Å². The molecular weight excluding hydrogens is 294 g/mol. The van der Waals surface area contributed by atoms with Crippen LogP contribution in [-0.4, -0.2) is 33.3 Å². The van der Waals surface area contributed by atoms with Crippen LogP contribution in [0.1, 0.15) is 0 Å². The predicted octanol–water partition coefficient (Wildman–Crippen LogP) is 2.51. The first-order chi connectivity index (χ1) is 11.2. The maximum atomic E-state index is 5.82. The van der Waals surface area contributed by atoms with Gasteiger partial charge in [0.1, 0.15) is 23.9 Å². The van der Waals surface area contributed by atoms with Gasteiger partial charge in [-0.3, -0.25) is 0 Å². The van der Waals surface area contributed by atoms with Crippen molar-refractivity contribution in [2.24, 2.45) is 10.7 Å². The van der Waals surface area contributed by atoms with Crippen LogP contribution in [0.25, 0.3) is 0 Å². The van der Waals surface area contributed by atoms with Gasteiger partial charge in [-0.25, -0.2) is 4.99 Å². The Morgan fingerprint density at radius 1 is 1.00 bits per heavy atom. The summed E-state index contributed by atoms with van der Waals surface area (Å²) < 4.78 is 16.0. The van der Waals surface area contributed by atoms with Crippen molar-refractivity contribution in [1.29, 1.82) is 0 Å². The lowest BCUT2D eigenvalue weighted by Gasteiger charge is -2.10. The van der Waals surface area contributed by atoms with Crippen molar-refractivity contribution in [2.45, 2.75) is 0 Å². The van der Waals surface area contributed by atoms with Gasteiger partial charge in [0, 0.05) is 23.9 Å². The molecule has 0 saturated carbocycles. The quantitative estimate of drug-likeness (QED) is 0.466. The van der Waals surface area contributed by atoms with Crippen molar-refractivity contribution in [1.82, 2.24) is 0 Å². The molecule has 0 heterocycles. The van der Waals surface area contributed by atoms with Gasteiger partial charge in [0.05, 0.1) is 20.8 Å². The lowest BCUT2D eigenvalue weighted by atomic mass is 10.3. The second-order valence-electron chi connectivity index (χ2n) is 4.65. The minimum absolute atomic E-state index is 0.350. The molecular formula is C17H21N3O3. The molecule has 6 heteroatoms. The van der Waals surface area contributed by atoms with Crippen LogP contribution in [0, 0.1) is 0 Å². The van der Waals surface area contributed by atoms with Crippen LogP contribution in [0.5, 0.6) is 17.2 Å². The Hall–Kier alpha value is -2.89. The average molecular weight is 315 g/mol. The molecule has 23 heavy (non-hydrogen) atoms. The highest BCUT2D eigenvalue weighted by molar-refractivity contribution is 5.92. The number of hydrogen-bond donors (Lipinski definition) is 2. The summed E-state index contributed by atoms with van der Waals surface area (Å²) in [5.74, 6) is 2.36. The Balaban J connectivity index is 1.83. The second-order valence-corrected chi connectivity index (χ2v) is 4.65. The highest BCUT2D eigenvalue weighted by Crippen LogP contribution is 2.27. The minimum atomic E-state index is 0.350. The number of ether oxygens (including phenoxy) is 3. The number of benzene rings is 2. The summed E-state index contributed by atoms with van der Waals surface area (Å²) in [4.78, 5) is 4.22. The Kier molecular flexibility index (Phi) is 6.11.